The number of anilines is 1. The number of nitrogens with one attached hydrogen (secondary N) is 1. The lowest BCUT2D eigenvalue weighted by atomic mass is 10.2. The molecule has 0 bridgehead atoms. The number of carbonyl (C=O) groups excluding carboxylic acids is 1. The van der Waals surface area contributed by atoms with Crippen LogP contribution in [0.2, 0.25) is 5.02 Å². The molecule has 25 heavy (non-hydrogen) atoms. The normalized spacial score (nSPS) is 10.6. The maximum absolute atomic E-state index is 12.2. The summed E-state index contributed by atoms with van der Waals surface area (Å²) in [7, 11) is 1.56. The predicted octanol–water partition coefficient (Wildman–Crippen LogP) is 3.12. The zero-order valence-corrected chi connectivity index (χ0v) is 14.6. The molecule has 0 atom stereocenters. The van der Waals surface area contributed by atoms with Crippen molar-refractivity contribution in [2.45, 2.75) is 0 Å². The zero-order chi connectivity index (χ0) is 17.6. The molecule has 130 valence electrons. The van der Waals surface area contributed by atoms with Crippen LogP contribution in [-0.2, 0) is 4.74 Å². The van der Waals surface area contributed by atoms with E-state index in [1.165, 1.54) is 17.4 Å². The molecule has 0 unspecified atom stereocenters. The van der Waals surface area contributed by atoms with Gasteiger partial charge in [0, 0.05) is 12.7 Å². The number of ether oxygens (including phenoxy) is 2. The van der Waals surface area contributed by atoms with Crippen LogP contribution in [0.25, 0.3) is 10.6 Å². The van der Waals surface area contributed by atoms with Gasteiger partial charge in [0.15, 0.2) is 5.01 Å². The van der Waals surface area contributed by atoms with E-state index < -0.39 is 5.91 Å². The number of nitrogens with zero attached hydrogens (tertiary/aromatic N) is 3. The molecule has 1 N–H and O–H groups in total. The van der Waals surface area contributed by atoms with Crippen LogP contribution >= 0.6 is 22.9 Å². The Hall–Kier alpha value is -2.49. The van der Waals surface area contributed by atoms with Gasteiger partial charge in [-0.3, -0.25) is 10.1 Å². The highest BCUT2D eigenvalue weighted by atomic mass is 35.5. The first-order valence-corrected chi connectivity index (χ1v) is 8.35. The molecular formula is C15H13ClN4O4S. The molecule has 0 aliphatic heterocycles. The molecule has 3 aromatic rings. The fraction of sp³-hybridized carbons (Fsp3) is 0.200. The van der Waals surface area contributed by atoms with Crippen molar-refractivity contribution >= 4 is 34.0 Å². The quantitative estimate of drug-likeness (QED) is 0.628. The number of methoxy groups -OCH3 is 1. The SMILES string of the molecule is COCCOc1cc(C(=O)Nc2nnc(-c3ccccc3Cl)s2)on1. The third-order valence-electron chi connectivity index (χ3n) is 3.00. The summed E-state index contributed by atoms with van der Waals surface area (Å²) in [6.45, 7) is 0.714. The van der Waals surface area contributed by atoms with E-state index in [4.69, 9.17) is 25.6 Å². The van der Waals surface area contributed by atoms with Gasteiger partial charge in [-0.25, -0.2) is 0 Å². The van der Waals surface area contributed by atoms with Crippen LogP contribution in [0.3, 0.4) is 0 Å². The fourth-order valence-electron chi connectivity index (χ4n) is 1.84. The van der Waals surface area contributed by atoms with E-state index in [0.29, 0.717) is 28.4 Å². The predicted molar refractivity (Wildman–Crippen MR) is 92.2 cm³/mol. The molecular weight excluding hydrogens is 368 g/mol. The van der Waals surface area contributed by atoms with Gasteiger partial charge in [0.2, 0.25) is 10.9 Å². The third kappa shape index (κ3) is 4.32. The van der Waals surface area contributed by atoms with Gasteiger partial charge >= 0.3 is 0 Å². The maximum Gasteiger partial charge on any atom is 0.296 e. The maximum atomic E-state index is 12.2. The number of halogens is 1. The van der Waals surface area contributed by atoms with E-state index in [1.54, 1.807) is 13.2 Å². The van der Waals surface area contributed by atoms with Gasteiger partial charge in [-0.1, -0.05) is 41.1 Å². The van der Waals surface area contributed by atoms with Gasteiger partial charge in [-0.15, -0.1) is 10.2 Å². The first-order chi connectivity index (χ1) is 12.2. The van der Waals surface area contributed by atoms with E-state index in [-0.39, 0.29) is 11.6 Å². The van der Waals surface area contributed by atoms with Crippen LogP contribution in [0.15, 0.2) is 34.9 Å². The number of benzene rings is 1. The summed E-state index contributed by atoms with van der Waals surface area (Å²) in [6, 6.07) is 8.65. The molecule has 3 rings (SSSR count). The van der Waals surface area contributed by atoms with Crippen molar-refractivity contribution < 1.29 is 18.8 Å². The number of rotatable bonds is 7. The van der Waals surface area contributed by atoms with E-state index in [1.807, 2.05) is 18.2 Å². The molecule has 2 heterocycles. The van der Waals surface area contributed by atoms with Crippen molar-refractivity contribution in [3.8, 4) is 16.5 Å². The Balaban J connectivity index is 1.65. The van der Waals surface area contributed by atoms with Crippen molar-refractivity contribution in [2.24, 2.45) is 0 Å². The lowest BCUT2D eigenvalue weighted by Crippen LogP contribution is -2.10. The summed E-state index contributed by atoms with van der Waals surface area (Å²) in [5.74, 6) is -0.297. The Morgan fingerprint density at radius 2 is 2.16 bits per heavy atom. The first kappa shape index (κ1) is 17.3. The minimum absolute atomic E-state index is 0.00177. The van der Waals surface area contributed by atoms with Crippen molar-refractivity contribution in [1.82, 2.24) is 15.4 Å². The summed E-state index contributed by atoms with van der Waals surface area (Å²) in [4.78, 5) is 12.2. The number of carbonyl (C=O) groups is 1. The Morgan fingerprint density at radius 1 is 1.32 bits per heavy atom. The molecule has 2 aromatic heterocycles. The largest absolute Gasteiger partial charge is 0.473 e. The molecule has 0 saturated heterocycles. The van der Waals surface area contributed by atoms with Gasteiger partial charge in [-0.2, -0.15) is 0 Å². The minimum Gasteiger partial charge on any atom is -0.473 e. The monoisotopic (exact) mass is 380 g/mol. The lowest BCUT2D eigenvalue weighted by Gasteiger charge is -1.98. The zero-order valence-electron chi connectivity index (χ0n) is 13.1. The molecule has 10 heteroatoms. The molecule has 1 aromatic carbocycles. The van der Waals surface area contributed by atoms with Crippen LogP contribution in [0.1, 0.15) is 10.6 Å². The average molecular weight is 381 g/mol. The topological polar surface area (TPSA) is 99.4 Å². The standard InChI is InChI=1S/C15H13ClN4O4S/c1-22-6-7-23-12-8-11(24-20-12)13(21)17-15-19-18-14(25-15)9-4-2-3-5-10(9)16/h2-5,8H,6-7H2,1H3,(H,17,19,21). The van der Waals surface area contributed by atoms with Crippen LogP contribution in [0.5, 0.6) is 5.88 Å². The second-order valence-electron chi connectivity index (χ2n) is 4.72. The summed E-state index contributed by atoms with van der Waals surface area (Å²) >= 11 is 7.33. The molecule has 0 aliphatic carbocycles. The smallest absolute Gasteiger partial charge is 0.296 e. The second-order valence-corrected chi connectivity index (χ2v) is 6.10. The molecule has 1 amide bonds. The third-order valence-corrected chi connectivity index (χ3v) is 4.20. The Morgan fingerprint density at radius 3 is 2.96 bits per heavy atom. The van der Waals surface area contributed by atoms with Crippen molar-refractivity contribution in [3.05, 3.63) is 41.1 Å². The van der Waals surface area contributed by atoms with Gasteiger partial charge in [-0.05, 0) is 11.2 Å². The van der Waals surface area contributed by atoms with E-state index >= 15 is 0 Å². The van der Waals surface area contributed by atoms with Crippen LogP contribution < -0.4 is 10.1 Å². The molecule has 0 radical (unpaired) electrons. The van der Waals surface area contributed by atoms with Crippen LogP contribution in [0, 0.1) is 0 Å². The molecule has 8 nitrogen and oxygen atoms in total. The second kappa shape index (κ2) is 8.06. The van der Waals surface area contributed by atoms with Gasteiger partial charge in [0.05, 0.1) is 17.7 Å². The Bertz CT molecular complexity index is 867. The van der Waals surface area contributed by atoms with Crippen molar-refractivity contribution in [3.63, 3.8) is 0 Å². The number of aromatic nitrogens is 3. The highest BCUT2D eigenvalue weighted by molar-refractivity contribution is 7.18. The van der Waals surface area contributed by atoms with Gasteiger partial charge in [0.25, 0.3) is 11.8 Å². The first-order valence-electron chi connectivity index (χ1n) is 7.15. The van der Waals surface area contributed by atoms with Crippen molar-refractivity contribution in [2.75, 3.05) is 25.6 Å². The van der Waals surface area contributed by atoms with Gasteiger partial charge in [0.1, 0.15) is 6.61 Å². The summed E-state index contributed by atoms with van der Waals surface area (Å²) in [5, 5.41) is 15.7. The fourth-order valence-corrected chi connectivity index (χ4v) is 2.90. The van der Waals surface area contributed by atoms with E-state index in [2.05, 4.69) is 20.7 Å². The lowest BCUT2D eigenvalue weighted by molar-refractivity contribution is 0.0986. The van der Waals surface area contributed by atoms with Crippen LogP contribution in [0.4, 0.5) is 5.13 Å². The average Bonchev–Trinajstić information content (AvgIpc) is 3.25. The minimum atomic E-state index is -0.504. The highest BCUT2D eigenvalue weighted by Gasteiger charge is 2.17. The molecule has 0 aliphatic rings. The van der Waals surface area contributed by atoms with Crippen LogP contribution in [-0.4, -0.2) is 41.6 Å². The summed E-state index contributed by atoms with van der Waals surface area (Å²) in [5.41, 5.74) is 0.746. The van der Waals surface area contributed by atoms with Gasteiger partial charge < -0.3 is 14.0 Å². The molecule has 0 spiro atoms. The number of hydrogen-bond donors (Lipinski definition) is 1. The molecule has 0 fully saturated rings. The van der Waals surface area contributed by atoms with Crippen molar-refractivity contribution in [1.29, 1.82) is 0 Å². The number of hydrogen-bond acceptors (Lipinski definition) is 8. The Kier molecular flexibility index (Phi) is 5.59. The number of amides is 1. The van der Waals surface area contributed by atoms with E-state index in [0.717, 1.165) is 5.56 Å². The van der Waals surface area contributed by atoms with E-state index in [9.17, 15) is 4.79 Å². The highest BCUT2D eigenvalue weighted by Crippen LogP contribution is 2.31. The Labute approximate surface area is 151 Å². The summed E-state index contributed by atoms with van der Waals surface area (Å²) < 4.78 is 15.1. The summed E-state index contributed by atoms with van der Waals surface area (Å²) in [6.07, 6.45) is 0. The molecule has 0 saturated carbocycles.